The molecule has 0 atom stereocenters. The topological polar surface area (TPSA) is 87.2 Å². The second-order valence-corrected chi connectivity index (χ2v) is 14.6. The zero-order chi connectivity index (χ0) is 19.8. The lowest BCUT2D eigenvalue weighted by Crippen LogP contribution is -2.46. The molecule has 0 saturated carbocycles. The van der Waals surface area contributed by atoms with E-state index >= 15 is 0 Å². The molecule has 3 rings (SSSR count). The lowest BCUT2D eigenvalue weighted by molar-refractivity contribution is -0.125. The summed E-state index contributed by atoms with van der Waals surface area (Å²) in [6.45, 7) is 11.3. The molecule has 2 aromatic heterocycles. The number of amides is 3. The smallest absolute Gasteiger partial charge is 0.325 e. The van der Waals surface area contributed by atoms with Crippen LogP contribution in [0.25, 0.3) is 10.6 Å². The van der Waals surface area contributed by atoms with Crippen LogP contribution in [0.5, 0.6) is 0 Å². The number of carbonyl (C=O) groups is 2. The average molecular weight is 404 g/mol. The molecule has 1 saturated heterocycles. The summed E-state index contributed by atoms with van der Waals surface area (Å²) in [5.74, 6) is 0.237. The lowest BCUT2D eigenvalue weighted by atomic mass is 10.0. The minimum Gasteiger partial charge on any atom is -0.352 e. The van der Waals surface area contributed by atoms with Gasteiger partial charge in [0.2, 0.25) is 5.95 Å². The van der Waals surface area contributed by atoms with Crippen molar-refractivity contribution in [2.75, 3.05) is 18.4 Å². The molecular weight excluding hydrogens is 378 g/mol. The number of carbonyl (C=O) groups excluding carboxylic acids is 2. The standard InChI is InChI=1S/C18H25N5O2SSi/c1-18(2)15(24)22-17(25)23(18)11-10-20-16-19-9-8-12(21-16)13-6-7-14(26-13)27(3,4)5/h6-9H,10-11H2,1-5H3,(H,19,20,21)(H,22,24,25). The van der Waals surface area contributed by atoms with E-state index < -0.39 is 13.6 Å². The minimum atomic E-state index is -1.33. The summed E-state index contributed by atoms with van der Waals surface area (Å²) in [7, 11) is -1.33. The number of nitrogens with one attached hydrogen (secondary N) is 2. The zero-order valence-electron chi connectivity index (χ0n) is 16.3. The molecule has 1 aliphatic rings. The Morgan fingerprint density at radius 2 is 1.96 bits per heavy atom. The van der Waals surface area contributed by atoms with E-state index in [-0.39, 0.29) is 11.9 Å². The number of rotatable bonds is 6. The van der Waals surface area contributed by atoms with Crippen LogP contribution in [0.1, 0.15) is 13.8 Å². The number of urea groups is 1. The molecule has 9 heteroatoms. The van der Waals surface area contributed by atoms with Gasteiger partial charge < -0.3 is 10.2 Å². The molecule has 144 valence electrons. The highest BCUT2D eigenvalue weighted by molar-refractivity contribution is 7.28. The average Bonchev–Trinajstić information content (AvgIpc) is 3.15. The lowest BCUT2D eigenvalue weighted by Gasteiger charge is -2.27. The molecule has 2 aromatic rings. The number of imide groups is 1. The summed E-state index contributed by atoms with van der Waals surface area (Å²) in [4.78, 5) is 35.2. The quantitative estimate of drug-likeness (QED) is 0.572. The van der Waals surface area contributed by atoms with E-state index in [9.17, 15) is 9.59 Å². The van der Waals surface area contributed by atoms with E-state index in [1.165, 1.54) is 9.40 Å². The van der Waals surface area contributed by atoms with Crippen molar-refractivity contribution in [3.8, 4) is 10.6 Å². The van der Waals surface area contributed by atoms with Crippen LogP contribution >= 0.6 is 11.3 Å². The van der Waals surface area contributed by atoms with Crippen LogP contribution in [0.4, 0.5) is 10.7 Å². The van der Waals surface area contributed by atoms with Gasteiger partial charge >= 0.3 is 6.03 Å². The Labute approximate surface area is 164 Å². The molecule has 0 aliphatic carbocycles. The Kier molecular flexibility index (Phi) is 5.09. The van der Waals surface area contributed by atoms with Crippen molar-refractivity contribution < 1.29 is 9.59 Å². The van der Waals surface area contributed by atoms with Crippen molar-refractivity contribution in [3.63, 3.8) is 0 Å². The molecule has 3 amide bonds. The highest BCUT2D eigenvalue weighted by Gasteiger charge is 2.44. The van der Waals surface area contributed by atoms with Crippen molar-refractivity contribution in [2.45, 2.75) is 39.0 Å². The minimum absolute atomic E-state index is 0.276. The van der Waals surface area contributed by atoms with Crippen LogP contribution in [0, 0.1) is 0 Å². The summed E-state index contributed by atoms with van der Waals surface area (Å²) in [5.41, 5.74) is 0.0440. The number of anilines is 1. The summed E-state index contributed by atoms with van der Waals surface area (Å²) in [6.07, 6.45) is 1.73. The fourth-order valence-corrected chi connectivity index (χ4v) is 5.68. The molecule has 3 heterocycles. The zero-order valence-corrected chi connectivity index (χ0v) is 18.1. The van der Waals surface area contributed by atoms with Gasteiger partial charge in [-0.3, -0.25) is 10.1 Å². The first-order valence-electron chi connectivity index (χ1n) is 8.90. The van der Waals surface area contributed by atoms with Gasteiger partial charge in [0, 0.05) is 19.3 Å². The molecule has 0 unspecified atom stereocenters. The van der Waals surface area contributed by atoms with Gasteiger partial charge in [0.05, 0.1) is 18.6 Å². The van der Waals surface area contributed by atoms with Gasteiger partial charge in [-0.05, 0) is 30.5 Å². The maximum absolute atomic E-state index is 11.9. The summed E-state index contributed by atoms with van der Waals surface area (Å²) in [5, 5.41) is 5.49. The Bertz CT molecular complexity index is 875. The largest absolute Gasteiger partial charge is 0.352 e. The summed E-state index contributed by atoms with van der Waals surface area (Å²) >= 11 is 1.79. The number of nitrogens with zero attached hydrogens (tertiary/aromatic N) is 3. The second-order valence-electron chi connectivity index (χ2n) is 8.08. The second kappa shape index (κ2) is 7.04. The molecule has 0 radical (unpaired) electrons. The molecule has 1 aliphatic heterocycles. The molecule has 2 N–H and O–H groups in total. The van der Waals surface area contributed by atoms with E-state index in [1.54, 1.807) is 31.4 Å². The van der Waals surface area contributed by atoms with Crippen molar-refractivity contribution in [2.24, 2.45) is 0 Å². The predicted octanol–water partition coefficient (Wildman–Crippen LogP) is 2.49. The highest BCUT2D eigenvalue weighted by Crippen LogP contribution is 2.24. The van der Waals surface area contributed by atoms with Gasteiger partial charge in [-0.2, -0.15) is 0 Å². The molecule has 0 aromatic carbocycles. The van der Waals surface area contributed by atoms with Crippen LogP contribution in [-0.2, 0) is 4.79 Å². The number of hydrogen-bond donors (Lipinski definition) is 2. The van der Waals surface area contributed by atoms with E-state index in [2.05, 4.69) is 52.4 Å². The number of aromatic nitrogens is 2. The maximum atomic E-state index is 11.9. The van der Waals surface area contributed by atoms with Gasteiger partial charge in [-0.25, -0.2) is 14.8 Å². The van der Waals surface area contributed by atoms with Crippen molar-refractivity contribution in [1.29, 1.82) is 0 Å². The molecule has 0 spiro atoms. The third-order valence-corrected chi connectivity index (χ3v) is 9.28. The van der Waals surface area contributed by atoms with Crippen molar-refractivity contribution in [3.05, 3.63) is 24.4 Å². The van der Waals surface area contributed by atoms with E-state index in [1.807, 2.05) is 6.07 Å². The van der Waals surface area contributed by atoms with Crippen molar-refractivity contribution in [1.82, 2.24) is 20.2 Å². The number of thiophene rings is 1. The Hall–Kier alpha value is -2.26. The normalized spacial score (nSPS) is 16.6. The summed E-state index contributed by atoms with van der Waals surface area (Å²) < 4.78 is 1.44. The highest BCUT2D eigenvalue weighted by atomic mass is 32.1. The third kappa shape index (κ3) is 4.03. The van der Waals surface area contributed by atoms with Gasteiger partial charge in [0.25, 0.3) is 5.91 Å². The van der Waals surface area contributed by atoms with Gasteiger partial charge in [0.15, 0.2) is 0 Å². The van der Waals surface area contributed by atoms with E-state index in [4.69, 9.17) is 0 Å². The first-order chi connectivity index (χ1) is 12.6. The fraction of sp³-hybridized carbons (Fsp3) is 0.444. The third-order valence-electron chi connectivity index (χ3n) is 4.57. The summed E-state index contributed by atoms with van der Waals surface area (Å²) in [6, 6.07) is 5.86. The van der Waals surface area contributed by atoms with E-state index in [0.29, 0.717) is 19.0 Å². The first-order valence-corrected chi connectivity index (χ1v) is 13.2. The van der Waals surface area contributed by atoms with Crippen LogP contribution in [0.15, 0.2) is 24.4 Å². The Balaban J connectivity index is 1.66. The van der Waals surface area contributed by atoms with Crippen LogP contribution < -0.4 is 15.1 Å². The maximum Gasteiger partial charge on any atom is 0.325 e. The monoisotopic (exact) mass is 403 g/mol. The molecule has 7 nitrogen and oxygen atoms in total. The molecular formula is C18H25N5O2SSi. The molecule has 27 heavy (non-hydrogen) atoms. The molecule has 0 bridgehead atoms. The predicted molar refractivity (Wildman–Crippen MR) is 111 cm³/mol. The van der Waals surface area contributed by atoms with Crippen LogP contribution in [0.2, 0.25) is 19.6 Å². The fourth-order valence-electron chi connectivity index (χ4n) is 2.81. The van der Waals surface area contributed by atoms with Crippen LogP contribution in [0.3, 0.4) is 0 Å². The Morgan fingerprint density at radius 1 is 1.22 bits per heavy atom. The first kappa shape index (κ1) is 19.5. The molecule has 1 fully saturated rings. The van der Waals surface area contributed by atoms with E-state index in [0.717, 1.165) is 10.6 Å². The number of hydrogen-bond acceptors (Lipinski definition) is 6. The van der Waals surface area contributed by atoms with Crippen LogP contribution in [-0.4, -0.2) is 53.5 Å². The van der Waals surface area contributed by atoms with Gasteiger partial charge in [-0.15, -0.1) is 11.3 Å². The van der Waals surface area contributed by atoms with Gasteiger partial charge in [-0.1, -0.05) is 25.7 Å². The van der Waals surface area contributed by atoms with Crippen molar-refractivity contribution >= 4 is 41.8 Å². The SMILES string of the molecule is CC1(C)C(=O)NC(=O)N1CCNc1nccc(-c2ccc([Si](C)(C)C)s2)n1. The van der Waals surface area contributed by atoms with Gasteiger partial charge in [0.1, 0.15) is 5.54 Å². The Morgan fingerprint density at radius 3 is 2.56 bits per heavy atom.